The van der Waals surface area contributed by atoms with Crippen molar-refractivity contribution in [3.05, 3.63) is 48.5 Å². The summed E-state index contributed by atoms with van der Waals surface area (Å²) < 4.78 is 0. The molecular weight excluding hydrogens is 312 g/mol. The predicted octanol–water partition coefficient (Wildman–Crippen LogP) is 5.41. The molecule has 0 aromatic heterocycles. The summed E-state index contributed by atoms with van der Waals surface area (Å²) in [5, 5.41) is 0. The quantitative estimate of drug-likeness (QED) is 0.739. The van der Waals surface area contributed by atoms with E-state index < -0.39 is 0 Å². The number of anilines is 2. The Morgan fingerprint density at radius 2 is 1.50 bits per heavy atom. The molecular formula is C21H26N2S. The fraction of sp³-hybridized carbons (Fsp3) is 0.429. The van der Waals surface area contributed by atoms with Crippen LogP contribution in [0.2, 0.25) is 0 Å². The minimum Gasteiger partial charge on any atom is -0.336 e. The van der Waals surface area contributed by atoms with Crippen LogP contribution >= 0.6 is 11.8 Å². The topological polar surface area (TPSA) is 6.48 Å². The molecule has 0 amide bonds. The normalized spacial score (nSPS) is 23.0. The van der Waals surface area contributed by atoms with Crippen LogP contribution in [0.1, 0.15) is 25.7 Å². The summed E-state index contributed by atoms with van der Waals surface area (Å²) in [6.45, 7) is 1.18. The van der Waals surface area contributed by atoms with Crippen molar-refractivity contribution in [1.82, 2.24) is 4.90 Å². The van der Waals surface area contributed by atoms with E-state index in [1.54, 1.807) is 0 Å². The van der Waals surface area contributed by atoms with Gasteiger partial charge in [0.1, 0.15) is 0 Å². The molecule has 1 saturated carbocycles. The van der Waals surface area contributed by atoms with Gasteiger partial charge < -0.3 is 9.80 Å². The van der Waals surface area contributed by atoms with Crippen molar-refractivity contribution >= 4 is 23.1 Å². The molecule has 1 aliphatic heterocycles. The third-order valence-corrected chi connectivity index (χ3v) is 6.40. The van der Waals surface area contributed by atoms with Gasteiger partial charge in [-0.3, -0.25) is 0 Å². The summed E-state index contributed by atoms with van der Waals surface area (Å²) >= 11 is 1.91. The van der Waals surface area contributed by atoms with E-state index in [2.05, 4.69) is 72.4 Å². The van der Waals surface area contributed by atoms with Crippen molar-refractivity contribution in [2.75, 3.05) is 25.5 Å². The van der Waals surface area contributed by atoms with Crippen LogP contribution < -0.4 is 4.90 Å². The molecule has 1 fully saturated rings. The van der Waals surface area contributed by atoms with Crippen molar-refractivity contribution in [3.63, 3.8) is 0 Å². The van der Waals surface area contributed by atoms with Gasteiger partial charge in [-0.1, -0.05) is 48.9 Å². The number of hydrogen-bond acceptors (Lipinski definition) is 3. The monoisotopic (exact) mass is 338 g/mol. The van der Waals surface area contributed by atoms with Gasteiger partial charge in [0.2, 0.25) is 0 Å². The highest BCUT2D eigenvalue weighted by Crippen LogP contribution is 2.50. The van der Waals surface area contributed by atoms with Gasteiger partial charge in [0.05, 0.1) is 11.4 Å². The van der Waals surface area contributed by atoms with E-state index in [0.717, 1.165) is 5.92 Å². The zero-order chi connectivity index (χ0) is 16.5. The minimum atomic E-state index is 0.601. The molecule has 1 aliphatic carbocycles. The van der Waals surface area contributed by atoms with Gasteiger partial charge in [0.25, 0.3) is 0 Å². The highest BCUT2D eigenvalue weighted by molar-refractivity contribution is 7.99. The number of fused-ring (bicyclic) bond motifs is 2. The summed E-state index contributed by atoms with van der Waals surface area (Å²) in [5.41, 5.74) is 2.80. The Labute approximate surface area is 149 Å². The van der Waals surface area contributed by atoms with Crippen LogP contribution in [0.3, 0.4) is 0 Å². The summed E-state index contributed by atoms with van der Waals surface area (Å²) in [4.78, 5) is 7.81. The second-order valence-corrected chi connectivity index (χ2v) is 8.37. The second-order valence-electron chi connectivity index (χ2n) is 7.28. The van der Waals surface area contributed by atoms with Crippen LogP contribution in [0, 0.1) is 5.92 Å². The van der Waals surface area contributed by atoms with Crippen molar-refractivity contribution in [3.8, 4) is 0 Å². The van der Waals surface area contributed by atoms with Crippen molar-refractivity contribution in [2.45, 2.75) is 41.5 Å². The summed E-state index contributed by atoms with van der Waals surface area (Å²) in [6, 6.07) is 18.4. The number of para-hydroxylation sites is 2. The maximum atomic E-state index is 2.66. The first-order chi connectivity index (χ1) is 11.7. The zero-order valence-electron chi connectivity index (χ0n) is 14.6. The van der Waals surface area contributed by atoms with Crippen LogP contribution in [-0.2, 0) is 0 Å². The molecule has 0 saturated heterocycles. The van der Waals surface area contributed by atoms with E-state index in [4.69, 9.17) is 0 Å². The Bertz CT molecular complexity index is 667. The summed E-state index contributed by atoms with van der Waals surface area (Å²) in [7, 11) is 4.42. The van der Waals surface area contributed by atoms with E-state index >= 15 is 0 Å². The van der Waals surface area contributed by atoms with E-state index in [1.165, 1.54) is 53.4 Å². The molecule has 2 aromatic carbocycles. The van der Waals surface area contributed by atoms with Gasteiger partial charge in [0, 0.05) is 22.4 Å². The number of nitrogens with zero attached hydrogens (tertiary/aromatic N) is 2. The van der Waals surface area contributed by atoms with Crippen molar-refractivity contribution in [2.24, 2.45) is 5.92 Å². The van der Waals surface area contributed by atoms with Crippen molar-refractivity contribution in [1.29, 1.82) is 0 Å². The first-order valence-electron chi connectivity index (χ1n) is 9.04. The Hall–Kier alpha value is -1.45. The lowest BCUT2D eigenvalue weighted by Gasteiger charge is -2.45. The predicted molar refractivity (Wildman–Crippen MR) is 103 cm³/mol. The fourth-order valence-corrected chi connectivity index (χ4v) is 5.37. The summed E-state index contributed by atoms with van der Waals surface area (Å²) in [6.07, 6.45) is 5.37. The SMILES string of the molecule is CN(C)C[C@H]1CCCCC1N1c2ccccc2Sc2ccccc21. The lowest BCUT2D eigenvalue weighted by Crippen LogP contribution is -2.44. The van der Waals surface area contributed by atoms with Crippen LogP contribution in [0.5, 0.6) is 0 Å². The standard InChI is InChI=1S/C21H26N2S/c1-22(2)15-16-9-3-4-10-17(16)23-18-11-5-7-13-20(18)24-21-14-8-6-12-19(21)23/h5-8,11-14,16-17H,3-4,9-10,15H2,1-2H3/t16-,17?/m1/s1. The van der Waals surface area contributed by atoms with Crippen LogP contribution in [-0.4, -0.2) is 31.6 Å². The Morgan fingerprint density at radius 3 is 2.12 bits per heavy atom. The smallest absolute Gasteiger partial charge is 0.0555 e. The van der Waals surface area contributed by atoms with Gasteiger partial charge in [0.15, 0.2) is 0 Å². The Morgan fingerprint density at radius 1 is 0.917 bits per heavy atom. The average molecular weight is 339 g/mol. The molecule has 2 atom stereocenters. The molecule has 2 nitrogen and oxygen atoms in total. The molecule has 2 aliphatic rings. The third kappa shape index (κ3) is 2.96. The van der Waals surface area contributed by atoms with Crippen molar-refractivity contribution < 1.29 is 0 Å². The minimum absolute atomic E-state index is 0.601. The summed E-state index contributed by atoms with van der Waals surface area (Å²) in [5.74, 6) is 0.734. The van der Waals surface area contributed by atoms with Gasteiger partial charge in [-0.25, -0.2) is 0 Å². The molecule has 24 heavy (non-hydrogen) atoms. The van der Waals surface area contributed by atoms with Crippen LogP contribution in [0.4, 0.5) is 11.4 Å². The molecule has 0 radical (unpaired) electrons. The van der Waals surface area contributed by atoms with E-state index in [9.17, 15) is 0 Å². The first kappa shape index (κ1) is 16.0. The first-order valence-corrected chi connectivity index (χ1v) is 9.85. The van der Waals surface area contributed by atoms with Crippen LogP contribution in [0.15, 0.2) is 58.3 Å². The number of hydrogen-bond donors (Lipinski definition) is 0. The largest absolute Gasteiger partial charge is 0.336 e. The second kappa shape index (κ2) is 6.81. The maximum absolute atomic E-state index is 2.66. The highest BCUT2D eigenvalue weighted by Gasteiger charge is 2.35. The molecule has 4 rings (SSSR count). The average Bonchev–Trinajstić information content (AvgIpc) is 2.60. The Kier molecular flexibility index (Phi) is 4.55. The van der Waals surface area contributed by atoms with E-state index in [-0.39, 0.29) is 0 Å². The Balaban J connectivity index is 1.78. The molecule has 126 valence electrons. The molecule has 0 bridgehead atoms. The lowest BCUT2D eigenvalue weighted by molar-refractivity contribution is 0.233. The third-order valence-electron chi connectivity index (χ3n) is 5.27. The molecule has 3 heteroatoms. The molecule has 1 heterocycles. The molecule has 1 unspecified atom stereocenters. The van der Waals surface area contributed by atoms with E-state index in [0.29, 0.717) is 6.04 Å². The van der Waals surface area contributed by atoms with Gasteiger partial charge in [-0.15, -0.1) is 0 Å². The number of rotatable bonds is 3. The van der Waals surface area contributed by atoms with Gasteiger partial charge in [-0.2, -0.15) is 0 Å². The molecule has 2 aromatic rings. The maximum Gasteiger partial charge on any atom is 0.0555 e. The lowest BCUT2D eigenvalue weighted by atomic mass is 9.82. The molecule has 0 N–H and O–H groups in total. The fourth-order valence-electron chi connectivity index (χ4n) is 4.30. The highest BCUT2D eigenvalue weighted by atomic mass is 32.2. The van der Waals surface area contributed by atoms with Gasteiger partial charge in [-0.05, 0) is 57.1 Å². The number of benzene rings is 2. The molecule has 0 spiro atoms. The zero-order valence-corrected chi connectivity index (χ0v) is 15.4. The van der Waals surface area contributed by atoms with Crippen LogP contribution in [0.25, 0.3) is 0 Å². The van der Waals surface area contributed by atoms with E-state index in [1.807, 2.05) is 11.8 Å². The van der Waals surface area contributed by atoms with Gasteiger partial charge >= 0.3 is 0 Å².